The van der Waals surface area contributed by atoms with Gasteiger partial charge >= 0.3 is 5.97 Å². The molecule has 0 unspecified atom stereocenters. The highest BCUT2D eigenvalue weighted by Crippen LogP contribution is 2.29. The van der Waals surface area contributed by atoms with Gasteiger partial charge in [0.1, 0.15) is 0 Å². The van der Waals surface area contributed by atoms with Crippen LogP contribution in [0.3, 0.4) is 0 Å². The molecule has 0 heterocycles. The van der Waals surface area contributed by atoms with Gasteiger partial charge in [-0.2, -0.15) is 0 Å². The first-order chi connectivity index (χ1) is 8.69. The number of rotatable bonds is 6. The van der Waals surface area contributed by atoms with Crippen LogP contribution in [0.4, 0.5) is 0 Å². The largest absolute Gasteiger partial charge is 0.469 e. The Labute approximate surface area is 109 Å². The van der Waals surface area contributed by atoms with Gasteiger partial charge in [0.2, 0.25) is 0 Å². The fourth-order valence-electron chi connectivity index (χ4n) is 2.21. The molecule has 0 spiro atoms. The minimum absolute atomic E-state index is 0.174. The summed E-state index contributed by atoms with van der Waals surface area (Å²) < 4.78 is 4.74. The Bertz CT molecular complexity index is 413. The molecule has 1 fully saturated rings. The summed E-state index contributed by atoms with van der Waals surface area (Å²) >= 11 is 0. The van der Waals surface area contributed by atoms with Gasteiger partial charge in [-0.25, -0.2) is 0 Å². The lowest BCUT2D eigenvalue weighted by atomic mass is 10.0. The minimum atomic E-state index is -0.174. The SMILES string of the molecule is COC(=O)Cc1ccccc1CN(C)CC1CC1. The second-order valence-corrected chi connectivity index (χ2v) is 5.16. The van der Waals surface area contributed by atoms with E-state index in [1.165, 1.54) is 25.5 Å². The molecule has 1 aromatic carbocycles. The van der Waals surface area contributed by atoms with Gasteiger partial charge in [0.05, 0.1) is 13.5 Å². The average Bonchev–Trinajstić information content (AvgIpc) is 3.15. The Morgan fingerprint density at radius 1 is 1.33 bits per heavy atom. The van der Waals surface area contributed by atoms with Gasteiger partial charge in [-0.1, -0.05) is 24.3 Å². The van der Waals surface area contributed by atoms with E-state index in [0.29, 0.717) is 6.42 Å². The fraction of sp³-hybridized carbons (Fsp3) is 0.533. The number of nitrogens with zero attached hydrogens (tertiary/aromatic N) is 1. The lowest BCUT2D eigenvalue weighted by Gasteiger charge is -2.18. The van der Waals surface area contributed by atoms with E-state index in [0.717, 1.165) is 24.6 Å². The third-order valence-corrected chi connectivity index (χ3v) is 3.39. The molecule has 0 atom stereocenters. The van der Waals surface area contributed by atoms with Gasteiger partial charge in [-0.3, -0.25) is 4.79 Å². The van der Waals surface area contributed by atoms with Gasteiger partial charge < -0.3 is 9.64 Å². The molecule has 3 nitrogen and oxygen atoms in total. The molecule has 0 aromatic heterocycles. The highest BCUT2D eigenvalue weighted by Gasteiger charge is 2.23. The maximum absolute atomic E-state index is 11.4. The van der Waals surface area contributed by atoms with E-state index in [-0.39, 0.29) is 5.97 Å². The number of esters is 1. The molecule has 1 aromatic rings. The number of benzene rings is 1. The lowest BCUT2D eigenvalue weighted by molar-refractivity contribution is -0.139. The molecular weight excluding hydrogens is 226 g/mol. The van der Waals surface area contributed by atoms with Crippen LogP contribution < -0.4 is 0 Å². The Balaban J connectivity index is 1.99. The summed E-state index contributed by atoms with van der Waals surface area (Å²) in [4.78, 5) is 13.7. The molecule has 98 valence electrons. The van der Waals surface area contributed by atoms with E-state index in [2.05, 4.69) is 18.0 Å². The second-order valence-electron chi connectivity index (χ2n) is 5.16. The third kappa shape index (κ3) is 3.84. The predicted molar refractivity (Wildman–Crippen MR) is 71.2 cm³/mol. The summed E-state index contributed by atoms with van der Waals surface area (Å²) in [6, 6.07) is 8.11. The Kier molecular flexibility index (Phi) is 4.37. The first-order valence-electron chi connectivity index (χ1n) is 6.51. The van der Waals surface area contributed by atoms with Crippen molar-refractivity contribution in [3.63, 3.8) is 0 Å². The van der Waals surface area contributed by atoms with Crippen LogP contribution in [0.15, 0.2) is 24.3 Å². The van der Waals surface area contributed by atoms with Crippen molar-refractivity contribution >= 4 is 5.97 Å². The molecule has 0 bridgehead atoms. The predicted octanol–water partition coefficient (Wildman–Crippen LogP) is 2.24. The van der Waals surface area contributed by atoms with Crippen LogP contribution in [0.5, 0.6) is 0 Å². The number of hydrogen-bond donors (Lipinski definition) is 0. The first kappa shape index (κ1) is 13.1. The zero-order valence-corrected chi connectivity index (χ0v) is 11.2. The van der Waals surface area contributed by atoms with Gasteiger partial charge in [0, 0.05) is 13.1 Å². The van der Waals surface area contributed by atoms with E-state index in [1.807, 2.05) is 18.2 Å². The highest BCUT2D eigenvalue weighted by molar-refractivity contribution is 5.72. The molecule has 1 saturated carbocycles. The van der Waals surface area contributed by atoms with Gasteiger partial charge in [0.25, 0.3) is 0 Å². The van der Waals surface area contributed by atoms with E-state index in [1.54, 1.807) is 0 Å². The minimum Gasteiger partial charge on any atom is -0.469 e. The van der Waals surface area contributed by atoms with E-state index in [4.69, 9.17) is 4.74 Å². The molecule has 0 radical (unpaired) electrons. The maximum Gasteiger partial charge on any atom is 0.309 e. The molecule has 0 saturated heterocycles. The number of carbonyl (C=O) groups is 1. The van der Waals surface area contributed by atoms with Crippen molar-refractivity contribution in [2.45, 2.75) is 25.8 Å². The summed E-state index contributed by atoms with van der Waals surface area (Å²) in [5, 5.41) is 0. The second kappa shape index (κ2) is 6.01. The molecule has 2 rings (SSSR count). The number of methoxy groups -OCH3 is 1. The topological polar surface area (TPSA) is 29.5 Å². The van der Waals surface area contributed by atoms with E-state index < -0.39 is 0 Å². The smallest absolute Gasteiger partial charge is 0.309 e. The summed E-state index contributed by atoms with van der Waals surface area (Å²) in [5.41, 5.74) is 2.30. The zero-order valence-electron chi connectivity index (χ0n) is 11.2. The lowest BCUT2D eigenvalue weighted by Crippen LogP contribution is -2.21. The molecule has 1 aliphatic carbocycles. The summed E-state index contributed by atoms with van der Waals surface area (Å²) in [6.07, 6.45) is 3.10. The van der Waals surface area contributed by atoms with Crippen molar-refractivity contribution in [3.8, 4) is 0 Å². The van der Waals surface area contributed by atoms with Crippen molar-refractivity contribution < 1.29 is 9.53 Å². The normalized spacial score (nSPS) is 14.8. The van der Waals surface area contributed by atoms with Crippen LogP contribution in [-0.4, -0.2) is 31.6 Å². The fourth-order valence-corrected chi connectivity index (χ4v) is 2.21. The van der Waals surface area contributed by atoms with Gasteiger partial charge in [-0.05, 0) is 36.9 Å². The molecule has 0 amide bonds. The van der Waals surface area contributed by atoms with Crippen molar-refractivity contribution in [3.05, 3.63) is 35.4 Å². The first-order valence-corrected chi connectivity index (χ1v) is 6.51. The Hall–Kier alpha value is -1.35. The molecule has 18 heavy (non-hydrogen) atoms. The van der Waals surface area contributed by atoms with Crippen LogP contribution in [0.1, 0.15) is 24.0 Å². The van der Waals surface area contributed by atoms with Gasteiger partial charge in [-0.15, -0.1) is 0 Å². The molecule has 0 N–H and O–H groups in total. The van der Waals surface area contributed by atoms with E-state index in [9.17, 15) is 4.79 Å². The number of carbonyl (C=O) groups excluding carboxylic acids is 1. The average molecular weight is 247 g/mol. The standard InChI is InChI=1S/C15H21NO2/c1-16(10-12-7-8-12)11-14-6-4-3-5-13(14)9-15(17)18-2/h3-6,12H,7-11H2,1-2H3. The van der Waals surface area contributed by atoms with Crippen LogP contribution in [0, 0.1) is 5.92 Å². The highest BCUT2D eigenvalue weighted by atomic mass is 16.5. The van der Waals surface area contributed by atoms with Crippen molar-refractivity contribution in [1.29, 1.82) is 0 Å². The van der Waals surface area contributed by atoms with Crippen molar-refractivity contribution in [1.82, 2.24) is 4.90 Å². The maximum atomic E-state index is 11.4. The molecule has 1 aliphatic rings. The summed E-state index contributed by atoms with van der Waals surface area (Å²) in [7, 11) is 3.58. The Morgan fingerprint density at radius 2 is 2.00 bits per heavy atom. The molecule has 0 aliphatic heterocycles. The van der Waals surface area contributed by atoms with Crippen molar-refractivity contribution in [2.24, 2.45) is 5.92 Å². The number of hydrogen-bond acceptors (Lipinski definition) is 3. The number of ether oxygens (including phenoxy) is 1. The Morgan fingerprint density at radius 3 is 2.61 bits per heavy atom. The van der Waals surface area contributed by atoms with Crippen LogP contribution in [0.25, 0.3) is 0 Å². The quantitative estimate of drug-likeness (QED) is 0.722. The zero-order chi connectivity index (χ0) is 13.0. The van der Waals surface area contributed by atoms with Crippen LogP contribution >= 0.6 is 0 Å². The van der Waals surface area contributed by atoms with Crippen LogP contribution in [0.2, 0.25) is 0 Å². The summed E-state index contributed by atoms with van der Waals surface area (Å²) in [6.45, 7) is 2.07. The van der Waals surface area contributed by atoms with E-state index >= 15 is 0 Å². The third-order valence-electron chi connectivity index (χ3n) is 3.39. The van der Waals surface area contributed by atoms with Crippen molar-refractivity contribution in [2.75, 3.05) is 20.7 Å². The van der Waals surface area contributed by atoms with Crippen LogP contribution in [-0.2, 0) is 22.5 Å². The molecule has 3 heteroatoms. The monoisotopic (exact) mass is 247 g/mol. The molecular formula is C15H21NO2. The summed E-state index contributed by atoms with van der Waals surface area (Å²) in [5.74, 6) is 0.718. The van der Waals surface area contributed by atoms with Gasteiger partial charge in [0.15, 0.2) is 0 Å².